The van der Waals surface area contributed by atoms with Crippen LogP contribution in [0.1, 0.15) is 34.3 Å². The number of carbonyl (C=O) groups is 1. The Morgan fingerprint density at radius 2 is 1.80 bits per heavy atom. The summed E-state index contributed by atoms with van der Waals surface area (Å²) in [5, 5.41) is 8.57. The molecule has 1 saturated carbocycles. The summed E-state index contributed by atoms with van der Waals surface area (Å²) in [6.45, 7) is 1.69. The molecule has 1 fully saturated rings. The average molecular weight is 351 g/mol. The largest absolute Gasteiger partial charge is 0.457 e. The van der Waals surface area contributed by atoms with Gasteiger partial charge in [0.1, 0.15) is 11.5 Å². The predicted molar refractivity (Wildman–Crippen MR) is 83.9 cm³/mol. The summed E-state index contributed by atoms with van der Waals surface area (Å²) in [4.78, 5) is 11.3. The highest BCUT2D eigenvalue weighted by atomic mass is 19.4. The molecule has 0 saturated heterocycles. The third kappa shape index (κ3) is 3.19. The molecule has 1 aliphatic rings. The third-order valence-electron chi connectivity index (χ3n) is 4.47. The summed E-state index contributed by atoms with van der Waals surface area (Å²) in [6, 6.07) is 10.5. The topological polar surface area (TPSA) is 58.6 Å². The molecule has 4 nitrogen and oxygen atoms in total. The van der Waals surface area contributed by atoms with Crippen molar-refractivity contribution < 1.29 is 27.9 Å². The first-order valence-electron chi connectivity index (χ1n) is 7.67. The molecule has 2 N–H and O–H groups in total. The van der Waals surface area contributed by atoms with Crippen molar-refractivity contribution in [2.45, 2.75) is 31.4 Å². The fraction of sp³-hybridized carbons (Fsp3) is 0.278. The second-order valence-corrected chi connectivity index (χ2v) is 6.13. The van der Waals surface area contributed by atoms with Gasteiger partial charge in [-0.2, -0.15) is 13.2 Å². The van der Waals surface area contributed by atoms with Crippen molar-refractivity contribution in [1.82, 2.24) is 5.48 Å². The van der Waals surface area contributed by atoms with Gasteiger partial charge in [-0.25, -0.2) is 5.48 Å². The number of halogens is 3. The maximum atomic E-state index is 13.2. The minimum absolute atomic E-state index is 0.116. The van der Waals surface area contributed by atoms with Gasteiger partial charge in [0, 0.05) is 5.56 Å². The van der Waals surface area contributed by atoms with E-state index in [0.29, 0.717) is 17.1 Å². The molecule has 132 valence electrons. The Morgan fingerprint density at radius 3 is 2.28 bits per heavy atom. The molecule has 1 amide bonds. The van der Waals surface area contributed by atoms with Crippen molar-refractivity contribution in [3.8, 4) is 11.5 Å². The molecule has 2 aromatic rings. The minimum atomic E-state index is -4.25. The Kier molecular flexibility index (Phi) is 4.20. The van der Waals surface area contributed by atoms with Crippen LogP contribution in [0, 0.1) is 6.92 Å². The SMILES string of the molecule is Cc1cc(C2(C(F)(F)F)CC2)ccc1Oc1ccc(C(=O)NO)cc1. The lowest BCUT2D eigenvalue weighted by atomic mass is 9.93. The van der Waals surface area contributed by atoms with E-state index in [9.17, 15) is 18.0 Å². The van der Waals surface area contributed by atoms with Gasteiger partial charge in [-0.15, -0.1) is 0 Å². The van der Waals surface area contributed by atoms with E-state index in [1.165, 1.54) is 47.9 Å². The van der Waals surface area contributed by atoms with Crippen molar-refractivity contribution in [1.29, 1.82) is 0 Å². The van der Waals surface area contributed by atoms with E-state index in [2.05, 4.69) is 0 Å². The second kappa shape index (κ2) is 6.07. The molecule has 0 bridgehead atoms. The molecule has 0 aliphatic heterocycles. The van der Waals surface area contributed by atoms with Crippen LogP contribution in [0.2, 0.25) is 0 Å². The van der Waals surface area contributed by atoms with E-state index in [0.717, 1.165) is 0 Å². The smallest absolute Gasteiger partial charge is 0.398 e. The predicted octanol–water partition coefficient (Wildman–Crippen LogP) is 4.50. The number of hydrogen-bond donors (Lipinski definition) is 2. The maximum absolute atomic E-state index is 13.2. The quantitative estimate of drug-likeness (QED) is 0.630. The van der Waals surface area contributed by atoms with Gasteiger partial charge in [0.2, 0.25) is 0 Å². The summed E-state index contributed by atoms with van der Waals surface area (Å²) < 4.78 is 45.3. The molecule has 25 heavy (non-hydrogen) atoms. The number of aryl methyl sites for hydroxylation is 1. The van der Waals surface area contributed by atoms with E-state index in [1.54, 1.807) is 6.92 Å². The fourth-order valence-electron chi connectivity index (χ4n) is 2.79. The number of hydrogen-bond acceptors (Lipinski definition) is 3. The van der Waals surface area contributed by atoms with Crippen molar-refractivity contribution in [2.75, 3.05) is 0 Å². The van der Waals surface area contributed by atoms with Gasteiger partial charge in [-0.1, -0.05) is 12.1 Å². The number of rotatable bonds is 4. The van der Waals surface area contributed by atoms with E-state index in [1.807, 2.05) is 0 Å². The molecule has 1 aliphatic carbocycles. The van der Waals surface area contributed by atoms with Gasteiger partial charge in [-0.05, 0) is 61.2 Å². The lowest BCUT2D eigenvalue weighted by Gasteiger charge is -2.21. The fourth-order valence-corrected chi connectivity index (χ4v) is 2.79. The summed E-state index contributed by atoms with van der Waals surface area (Å²) in [6.07, 6.45) is -4.01. The van der Waals surface area contributed by atoms with Crippen LogP contribution in [0.4, 0.5) is 13.2 Å². The Balaban J connectivity index is 1.79. The Labute approximate surface area is 142 Å². The number of nitrogens with one attached hydrogen (secondary N) is 1. The molecule has 0 aromatic heterocycles. The van der Waals surface area contributed by atoms with E-state index < -0.39 is 17.5 Å². The molecule has 0 atom stereocenters. The van der Waals surface area contributed by atoms with E-state index in [4.69, 9.17) is 9.94 Å². The van der Waals surface area contributed by atoms with Crippen LogP contribution in [0.5, 0.6) is 11.5 Å². The summed E-state index contributed by atoms with van der Waals surface area (Å²) in [7, 11) is 0. The number of amides is 1. The summed E-state index contributed by atoms with van der Waals surface area (Å²) in [5.74, 6) is 0.234. The number of carbonyl (C=O) groups excluding carboxylic acids is 1. The second-order valence-electron chi connectivity index (χ2n) is 6.13. The molecular formula is C18H16F3NO3. The molecule has 0 heterocycles. The number of benzene rings is 2. The van der Waals surface area contributed by atoms with Gasteiger partial charge in [0.15, 0.2) is 0 Å². The molecular weight excluding hydrogens is 335 g/mol. The van der Waals surface area contributed by atoms with E-state index in [-0.39, 0.29) is 24.0 Å². The van der Waals surface area contributed by atoms with E-state index >= 15 is 0 Å². The highest BCUT2D eigenvalue weighted by Crippen LogP contribution is 2.59. The van der Waals surface area contributed by atoms with Crippen molar-refractivity contribution in [3.63, 3.8) is 0 Å². The molecule has 0 radical (unpaired) electrons. The molecule has 0 unspecified atom stereocenters. The lowest BCUT2D eigenvalue weighted by molar-refractivity contribution is -0.160. The number of ether oxygens (including phenoxy) is 1. The Bertz CT molecular complexity index is 796. The van der Waals surface area contributed by atoms with Crippen LogP contribution in [0.25, 0.3) is 0 Å². The first-order valence-corrected chi connectivity index (χ1v) is 7.67. The highest BCUT2D eigenvalue weighted by molar-refractivity contribution is 5.93. The Hall–Kier alpha value is -2.54. The van der Waals surface area contributed by atoms with Crippen LogP contribution in [0.15, 0.2) is 42.5 Å². The molecule has 7 heteroatoms. The Morgan fingerprint density at radius 1 is 1.16 bits per heavy atom. The molecule has 2 aromatic carbocycles. The first-order chi connectivity index (χ1) is 11.8. The van der Waals surface area contributed by atoms with Gasteiger partial charge < -0.3 is 4.74 Å². The highest BCUT2D eigenvalue weighted by Gasteiger charge is 2.64. The maximum Gasteiger partial charge on any atom is 0.398 e. The summed E-state index contributed by atoms with van der Waals surface area (Å²) in [5.41, 5.74) is 0.932. The average Bonchev–Trinajstić information content (AvgIpc) is 3.38. The van der Waals surface area contributed by atoms with Crippen molar-refractivity contribution >= 4 is 5.91 Å². The van der Waals surface area contributed by atoms with Gasteiger partial charge in [0.05, 0.1) is 5.41 Å². The normalized spacial score (nSPS) is 15.6. The number of alkyl halides is 3. The zero-order valence-corrected chi connectivity index (χ0v) is 13.4. The standard InChI is InChI=1S/C18H16F3NO3/c1-11-10-13(17(8-9-17)18(19,20)21)4-7-15(11)25-14-5-2-12(3-6-14)16(23)22-24/h2-7,10,24H,8-9H2,1H3,(H,22,23). The minimum Gasteiger partial charge on any atom is -0.457 e. The first kappa shape index (κ1) is 17.3. The number of hydroxylamine groups is 1. The van der Waals surface area contributed by atoms with Crippen molar-refractivity contribution in [2.24, 2.45) is 0 Å². The van der Waals surface area contributed by atoms with Crippen molar-refractivity contribution in [3.05, 3.63) is 59.2 Å². The van der Waals surface area contributed by atoms with Crippen LogP contribution >= 0.6 is 0 Å². The summed E-state index contributed by atoms with van der Waals surface area (Å²) >= 11 is 0. The van der Waals surface area contributed by atoms with Crippen LogP contribution in [-0.4, -0.2) is 17.3 Å². The van der Waals surface area contributed by atoms with Gasteiger partial charge in [-0.3, -0.25) is 10.0 Å². The van der Waals surface area contributed by atoms with Gasteiger partial charge in [0.25, 0.3) is 5.91 Å². The van der Waals surface area contributed by atoms with Crippen LogP contribution in [-0.2, 0) is 5.41 Å². The van der Waals surface area contributed by atoms with Gasteiger partial charge >= 0.3 is 6.18 Å². The zero-order valence-electron chi connectivity index (χ0n) is 13.4. The monoisotopic (exact) mass is 351 g/mol. The lowest BCUT2D eigenvalue weighted by Crippen LogP contribution is -2.28. The zero-order chi connectivity index (χ0) is 18.2. The van der Waals surface area contributed by atoms with Crippen LogP contribution < -0.4 is 10.2 Å². The molecule has 3 rings (SSSR count). The molecule has 0 spiro atoms. The third-order valence-corrected chi connectivity index (χ3v) is 4.47. The van der Waals surface area contributed by atoms with Crippen LogP contribution in [0.3, 0.4) is 0 Å².